The normalized spacial score (nSPS) is 10.5. The zero-order valence-electron chi connectivity index (χ0n) is 19.4. The number of benzene rings is 4. The Balaban J connectivity index is 1.49. The summed E-state index contributed by atoms with van der Waals surface area (Å²) < 4.78 is 11.0. The van der Waals surface area contributed by atoms with Crippen molar-refractivity contribution in [1.82, 2.24) is 0 Å². The number of rotatable bonds is 10. The Morgan fingerprint density at radius 3 is 1.79 bits per heavy atom. The molecule has 4 rings (SSSR count). The van der Waals surface area contributed by atoms with Crippen molar-refractivity contribution >= 4 is 11.7 Å². The molecule has 0 aliphatic rings. The van der Waals surface area contributed by atoms with Crippen LogP contribution in [0.4, 0.5) is 5.69 Å². The molecule has 172 valence electrons. The van der Waals surface area contributed by atoms with Crippen LogP contribution < -0.4 is 9.64 Å². The van der Waals surface area contributed by atoms with Crippen LogP contribution in [0.2, 0.25) is 0 Å². The number of hydrogen-bond acceptors (Lipinski definition) is 4. The first-order valence-electron chi connectivity index (χ1n) is 11.5. The third-order valence-electron chi connectivity index (χ3n) is 5.45. The molecule has 0 unspecified atom stereocenters. The van der Waals surface area contributed by atoms with E-state index in [2.05, 4.69) is 53.4 Å². The molecular weight excluding hydrogens is 422 g/mol. The van der Waals surface area contributed by atoms with Crippen LogP contribution in [0.5, 0.6) is 11.5 Å². The quantitative estimate of drug-likeness (QED) is 0.249. The lowest BCUT2D eigenvalue weighted by molar-refractivity contribution is -0.142. The van der Waals surface area contributed by atoms with Crippen molar-refractivity contribution in [1.29, 1.82) is 0 Å². The van der Waals surface area contributed by atoms with Crippen molar-refractivity contribution in [2.75, 3.05) is 11.5 Å². The summed E-state index contributed by atoms with van der Waals surface area (Å²) in [5.41, 5.74) is 4.47. The summed E-state index contributed by atoms with van der Waals surface area (Å²) in [6, 6.07) is 36.6. The average Bonchev–Trinajstić information content (AvgIpc) is 2.87. The van der Waals surface area contributed by atoms with Gasteiger partial charge in [0.05, 0.1) is 13.0 Å². The van der Waals surface area contributed by atoms with Gasteiger partial charge >= 0.3 is 5.97 Å². The summed E-state index contributed by atoms with van der Waals surface area (Å²) in [7, 11) is 0. The van der Waals surface area contributed by atoms with Crippen LogP contribution in [0.25, 0.3) is 0 Å². The van der Waals surface area contributed by atoms with E-state index in [4.69, 9.17) is 9.47 Å². The lowest BCUT2D eigenvalue weighted by Crippen LogP contribution is -2.22. The molecule has 0 heterocycles. The minimum atomic E-state index is -0.200. The van der Waals surface area contributed by atoms with E-state index in [1.54, 1.807) is 0 Å². The molecule has 0 radical (unpaired) electrons. The second-order valence-electron chi connectivity index (χ2n) is 8.05. The Labute approximate surface area is 201 Å². The molecule has 0 spiro atoms. The highest BCUT2D eigenvalue weighted by molar-refractivity contribution is 5.72. The summed E-state index contributed by atoms with van der Waals surface area (Å²) in [5.74, 6) is 1.44. The van der Waals surface area contributed by atoms with E-state index in [0.717, 1.165) is 35.8 Å². The fourth-order valence-electron chi connectivity index (χ4n) is 3.75. The smallest absolute Gasteiger partial charge is 0.310 e. The summed E-state index contributed by atoms with van der Waals surface area (Å²) in [4.78, 5) is 14.1. The third-order valence-corrected chi connectivity index (χ3v) is 5.45. The number of esters is 1. The average molecular weight is 452 g/mol. The monoisotopic (exact) mass is 451 g/mol. The van der Waals surface area contributed by atoms with Gasteiger partial charge < -0.3 is 14.4 Å². The van der Waals surface area contributed by atoms with Gasteiger partial charge in [-0.2, -0.15) is 0 Å². The first-order valence-corrected chi connectivity index (χ1v) is 11.5. The van der Waals surface area contributed by atoms with Gasteiger partial charge in [0.2, 0.25) is 0 Å². The molecule has 0 aliphatic carbocycles. The highest BCUT2D eigenvalue weighted by atomic mass is 16.5. The minimum Gasteiger partial charge on any atom is -0.466 e. The van der Waals surface area contributed by atoms with Crippen molar-refractivity contribution in [3.63, 3.8) is 0 Å². The van der Waals surface area contributed by atoms with E-state index in [9.17, 15) is 4.79 Å². The van der Waals surface area contributed by atoms with E-state index < -0.39 is 0 Å². The lowest BCUT2D eigenvalue weighted by atomic mass is 10.1. The number of nitrogens with zero attached hydrogens (tertiary/aromatic N) is 1. The Morgan fingerprint density at radius 1 is 0.647 bits per heavy atom. The first-order chi connectivity index (χ1) is 16.7. The third kappa shape index (κ3) is 6.72. The molecule has 0 bridgehead atoms. The van der Waals surface area contributed by atoms with E-state index >= 15 is 0 Å². The molecule has 0 fully saturated rings. The van der Waals surface area contributed by atoms with Crippen LogP contribution in [0, 0.1) is 0 Å². The van der Waals surface area contributed by atoms with Crippen LogP contribution in [0.3, 0.4) is 0 Å². The summed E-state index contributed by atoms with van der Waals surface area (Å²) in [5, 5.41) is 0. The summed E-state index contributed by atoms with van der Waals surface area (Å²) in [6.07, 6.45) is 0.287. The van der Waals surface area contributed by atoms with Crippen molar-refractivity contribution in [2.45, 2.75) is 26.4 Å². The molecule has 4 aromatic carbocycles. The van der Waals surface area contributed by atoms with Gasteiger partial charge in [-0.3, -0.25) is 4.79 Å². The van der Waals surface area contributed by atoms with E-state index in [1.807, 2.05) is 67.6 Å². The molecule has 34 heavy (non-hydrogen) atoms. The van der Waals surface area contributed by atoms with E-state index in [1.165, 1.54) is 11.1 Å². The molecule has 0 amide bonds. The van der Waals surface area contributed by atoms with Crippen molar-refractivity contribution < 1.29 is 14.3 Å². The zero-order chi connectivity index (χ0) is 23.6. The number of hydrogen-bond donors (Lipinski definition) is 0. The van der Waals surface area contributed by atoms with E-state index in [-0.39, 0.29) is 12.4 Å². The predicted molar refractivity (Wildman–Crippen MR) is 136 cm³/mol. The Morgan fingerprint density at radius 2 is 1.18 bits per heavy atom. The maximum atomic E-state index is 11.8. The van der Waals surface area contributed by atoms with Gasteiger partial charge in [-0.1, -0.05) is 72.8 Å². The van der Waals surface area contributed by atoms with Crippen molar-refractivity contribution in [2.24, 2.45) is 0 Å². The van der Waals surface area contributed by atoms with Gasteiger partial charge in [0, 0.05) is 18.8 Å². The summed E-state index contributed by atoms with van der Waals surface area (Å²) in [6.45, 7) is 3.75. The van der Waals surface area contributed by atoms with Gasteiger partial charge in [-0.25, -0.2) is 0 Å². The van der Waals surface area contributed by atoms with Gasteiger partial charge in [0.15, 0.2) is 0 Å². The van der Waals surface area contributed by atoms with Gasteiger partial charge in [0.1, 0.15) is 11.5 Å². The molecule has 4 heteroatoms. The van der Waals surface area contributed by atoms with Gasteiger partial charge in [0.25, 0.3) is 0 Å². The van der Waals surface area contributed by atoms with Gasteiger partial charge in [-0.15, -0.1) is 0 Å². The second-order valence-corrected chi connectivity index (χ2v) is 8.05. The second kappa shape index (κ2) is 11.7. The largest absolute Gasteiger partial charge is 0.466 e. The van der Waals surface area contributed by atoms with Crippen molar-refractivity contribution in [3.8, 4) is 11.5 Å². The topological polar surface area (TPSA) is 38.8 Å². The predicted octanol–water partition coefficient (Wildman–Crippen LogP) is 6.79. The fraction of sp³-hybridized carbons (Fsp3) is 0.167. The van der Waals surface area contributed by atoms with Crippen LogP contribution in [-0.2, 0) is 29.0 Å². The van der Waals surface area contributed by atoms with Crippen LogP contribution in [0.15, 0.2) is 109 Å². The number of anilines is 1. The molecule has 0 saturated carbocycles. The highest BCUT2D eigenvalue weighted by Crippen LogP contribution is 2.24. The molecule has 0 saturated heterocycles. The molecule has 0 N–H and O–H groups in total. The number of para-hydroxylation sites is 1. The van der Waals surface area contributed by atoms with E-state index in [0.29, 0.717) is 6.61 Å². The molecule has 0 aliphatic heterocycles. The number of carbonyl (C=O) groups excluding carboxylic acids is 1. The summed E-state index contributed by atoms with van der Waals surface area (Å²) >= 11 is 0. The standard InChI is InChI=1S/C30H29NO3/c1-2-33-30(32)21-24-13-17-27(18-14-24)31(22-25-9-5-3-6-10-25)23-26-15-19-29(20-16-26)34-28-11-7-4-8-12-28/h3-20H,2,21-23H2,1H3. The van der Waals surface area contributed by atoms with Gasteiger partial charge in [-0.05, 0) is 60.0 Å². The highest BCUT2D eigenvalue weighted by Gasteiger charge is 2.11. The molecule has 4 aromatic rings. The molecule has 0 atom stereocenters. The SMILES string of the molecule is CCOC(=O)Cc1ccc(N(Cc2ccccc2)Cc2ccc(Oc3ccccc3)cc2)cc1. The minimum absolute atomic E-state index is 0.200. The molecule has 0 aromatic heterocycles. The first kappa shape index (κ1) is 23.1. The maximum Gasteiger partial charge on any atom is 0.310 e. The Hall–Kier alpha value is -4.05. The zero-order valence-corrected chi connectivity index (χ0v) is 19.4. The lowest BCUT2D eigenvalue weighted by Gasteiger charge is -2.25. The molecular formula is C30H29NO3. The Kier molecular flexibility index (Phi) is 7.96. The fourth-order valence-corrected chi connectivity index (χ4v) is 3.75. The van der Waals surface area contributed by atoms with Crippen LogP contribution in [-0.4, -0.2) is 12.6 Å². The van der Waals surface area contributed by atoms with Crippen LogP contribution >= 0.6 is 0 Å². The maximum absolute atomic E-state index is 11.8. The number of ether oxygens (including phenoxy) is 2. The van der Waals surface area contributed by atoms with Crippen molar-refractivity contribution in [3.05, 3.63) is 126 Å². The van der Waals surface area contributed by atoms with Crippen LogP contribution in [0.1, 0.15) is 23.6 Å². The number of carbonyl (C=O) groups is 1. The molecule has 4 nitrogen and oxygen atoms in total. The Bertz CT molecular complexity index is 1160.